The molecule has 1 saturated heterocycles. The minimum absolute atomic E-state index is 0.209. The highest BCUT2D eigenvalue weighted by molar-refractivity contribution is 6.01. The van der Waals surface area contributed by atoms with Crippen molar-refractivity contribution in [2.24, 2.45) is 0 Å². The van der Waals surface area contributed by atoms with Crippen LogP contribution in [0.15, 0.2) is 36.5 Å². The van der Waals surface area contributed by atoms with Crippen LogP contribution < -0.4 is 15.4 Å². The fourth-order valence-corrected chi connectivity index (χ4v) is 2.39. The summed E-state index contributed by atoms with van der Waals surface area (Å²) in [4.78, 5) is 25.5. The summed E-state index contributed by atoms with van der Waals surface area (Å²) in [7, 11) is 1.59. The summed E-state index contributed by atoms with van der Waals surface area (Å²) >= 11 is 0. The molecule has 20 heavy (non-hydrogen) atoms. The van der Waals surface area contributed by atoms with E-state index in [0.29, 0.717) is 0 Å². The molecule has 2 aliphatic rings. The van der Waals surface area contributed by atoms with Gasteiger partial charge in [-0.2, -0.15) is 0 Å². The topological polar surface area (TPSA) is 70.7 Å². The number of carbonyl (C=O) groups is 2. The highest BCUT2D eigenvalue weighted by Gasteiger charge is 2.41. The molecule has 2 N–H and O–H groups in total. The van der Waals surface area contributed by atoms with E-state index in [1.165, 1.54) is 4.90 Å². The molecular formula is C14H15N3O3. The zero-order valence-electron chi connectivity index (χ0n) is 11.0. The highest BCUT2D eigenvalue weighted by atomic mass is 16.5. The first-order valence-corrected chi connectivity index (χ1v) is 6.36. The first kappa shape index (κ1) is 12.5. The number of rotatable bonds is 3. The smallest absolute Gasteiger partial charge is 0.325 e. The molecular weight excluding hydrogens is 258 g/mol. The molecule has 1 aromatic carbocycles. The van der Waals surface area contributed by atoms with E-state index in [-0.39, 0.29) is 24.5 Å². The van der Waals surface area contributed by atoms with Crippen molar-refractivity contribution in [2.75, 3.05) is 7.11 Å². The molecule has 0 aliphatic carbocycles. The van der Waals surface area contributed by atoms with Gasteiger partial charge in [-0.1, -0.05) is 12.1 Å². The Labute approximate surface area is 116 Å². The first-order chi connectivity index (χ1) is 9.69. The monoisotopic (exact) mass is 273 g/mol. The maximum Gasteiger partial charge on any atom is 0.325 e. The van der Waals surface area contributed by atoms with Crippen LogP contribution in [-0.4, -0.2) is 36.0 Å². The number of urea groups is 1. The Morgan fingerprint density at radius 1 is 1.25 bits per heavy atom. The van der Waals surface area contributed by atoms with Crippen LogP contribution in [0, 0.1) is 0 Å². The van der Waals surface area contributed by atoms with Gasteiger partial charge in [0.2, 0.25) is 0 Å². The molecule has 0 spiro atoms. The second-order valence-corrected chi connectivity index (χ2v) is 4.75. The lowest BCUT2D eigenvalue weighted by atomic mass is 10.1. The number of ether oxygens (including phenoxy) is 1. The largest absolute Gasteiger partial charge is 0.497 e. The molecule has 0 radical (unpaired) electrons. The third kappa shape index (κ3) is 2.09. The van der Waals surface area contributed by atoms with E-state index in [9.17, 15) is 9.59 Å². The molecule has 0 aromatic heterocycles. The van der Waals surface area contributed by atoms with Crippen molar-refractivity contribution < 1.29 is 14.3 Å². The summed E-state index contributed by atoms with van der Waals surface area (Å²) < 4.78 is 5.08. The summed E-state index contributed by atoms with van der Waals surface area (Å²) in [6.45, 7) is 0.250. The van der Waals surface area contributed by atoms with E-state index < -0.39 is 6.04 Å². The molecule has 2 unspecified atom stereocenters. The quantitative estimate of drug-likeness (QED) is 0.846. The van der Waals surface area contributed by atoms with Gasteiger partial charge in [0.15, 0.2) is 0 Å². The predicted octanol–water partition coefficient (Wildman–Crippen LogP) is 0.601. The number of hydrogen-bond donors (Lipinski definition) is 2. The van der Waals surface area contributed by atoms with E-state index in [4.69, 9.17) is 4.74 Å². The van der Waals surface area contributed by atoms with Crippen LogP contribution in [0.25, 0.3) is 0 Å². The van der Waals surface area contributed by atoms with E-state index in [1.807, 2.05) is 12.1 Å². The van der Waals surface area contributed by atoms with Crippen molar-refractivity contribution in [2.45, 2.75) is 18.6 Å². The number of nitrogens with one attached hydrogen (secondary N) is 2. The van der Waals surface area contributed by atoms with Gasteiger partial charge >= 0.3 is 6.03 Å². The van der Waals surface area contributed by atoms with Gasteiger partial charge in [0.25, 0.3) is 5.91 Å². The van der Waals surface area contributed by atoms with Crippen LogP contribution in [0.5, 0.6) is 5.75 Å². The number of hydrogen-bond acceptors (Lipinski definition) is 4. The van der Waals surface area contributed by atoms with Gasteiger partial charge in [0.1, 0.15) is 11.8 Å². The summed E-state index contributed by atoms with van der Waals surface area (Å²) in [5, 5.41) is 5.75. The third-order valence-corrected chi connectivity index (χ3v) is 3.51. The Hall–Kier alpha value is -2.50. The Kier molecular flexibility index (Phi) is 3.06. The molecule has 2 heterocycles. The van der Waals surface area contributed by atoms with Crippen molar-refractivity contribution in [3.05, 3.63) is 42.1 Å². The van der Waals surface area contributed by atoms with Crippen LogP contribution in [0.4, 0.5) is 4.79 Å². The molecule has 104 valence electrons. The normalized spacial score (nSPS) is 24.1. The molecule has 1 aromatic rings. The number of amides is 3. The number of carbonyl (C=O) groups excluding carboxylic acids is 2. The molecule has 3 rings (SSSR count). The number of benzene rings is 1. The molecule has 0 bridgehead atoms. The summed E-state index contributed by atoms with van der Waals surface area (Å²) in [5.41, 5.74) is 0.874. The number of imide groups is 1. The van der Waals surface area contributed by atoms with Crippen LogP contribution in [0.2, 0.25) is 0 Å². The number of methoxy groups -OCH3 is 1. The molecule has 6 nitrogen and oxygen atoms in total. The summed E-state index contributed by atoms with van der Waals surface area (Å²) in [5.74, 6) is 0.532. The van der Waals surface area contributed by atoms with Crippen LogP contribution >= 0.6 is 0 Å². The molecule has 6 heteroatoms. The zero-order chi connectivity index (χ0) is 14.1. The second kappa shape index (κ2) is 4.88. The predicted molar refractivity (Wildman–Crippen MR) is 71.9 cm³/mol. The van der Waals surface area contributed by atoms with E-state index in [2.05, 4.69) is 10.6 Å². The van der Waals surface area contributed by atoms with Gasteiger partial charge < -0.3 is 15.4 Å². The highest BCUT2D eigenvalue weighted by Crippen LogP contribution is 2.18. The minimum Gasteiger partial charge on any atom is -0.497 e. The second-order valence-electron chi connectivity index (χ2n) is 4.75. The molecule has 3 amide bonds. The zero-order valence-corrected chi connectivity index (χ0v) is 11.0. The van der Waals surface area contributed by atoms with E-state index in [1.54, 1.807) is 31.5 Å². The van der Waals surface area contributed by atoms with Crippen molar-refractivity contribution in [1.29, 1.82) is 0 Å². The molecule has 2 atom stereocenters. The molecule has 2 aliphatic heterocycles. The Balaban J connectivity index is 1.75. The third-order valence-electron chi connectivity index (χ3n) is 3.51. The van der Waals surface area contributed by atoms with Crippen LogP contribution in [-0.2, 0) is 11.3 Å². The Morgan fingerprint density at radius 2 is 2.00 bits per heavy atom. The maximum atomic E-state index is 12.3. The average Bonchev–Trinajstić information content (AvgIpc) is 2.92. The van der Waals surface area contributed by atoms with Gasteiger partial charge in [-0.15, -0.1) is 0 Å². The van der Waals surface area contributed by atoms with Crippen molar-refractivity contribution in [3.8, 4) is 5.75 Å². The summed E-state index contributed by atoms with van der Waals surface area (Å²) in [6.07, 6.45) is 3.48. The van der Waals surface area contributed by atoms with Gasteiger partial charge in [0.05, 0.1) is 19.7 Å². The fraction of sp³-hybridized carbons (Fsp3) is 0.286. The molecule has 0 saturated carbocycles. The van der Waals surface area contributed by atoms with Gasteiger partial charge in [-0.05, 0) is 30.0 Å². The Morgan fingerprint density at radius 3 is 2.70 bits per heavy atom. The molecule has 1 fully saturated rings. The lowest BCUT2D eigenvalue weighted by molar-refractivity contribution is -0.132. The lowest BCUT2D eigenvalue weighted by Gasteiger charge is -2.33. The summed E-state index contributed by atoms with van der Waals surface area (Å²) in [6, 6.07) is 6.28. The standard InChI is InChI=1S/C14H15N3O3/c1-20-10-4-2-9(3-5-10)8-17-13(18)12-11(6-7-15-12)16-14(17)19/h2-7,11-12,15H,8H2,1H3,(H,16,19). The van der Waals surface area contributed by atoms with Crippen molar-refractivity contribution >= 4 is 11.9 Å². The SMILES string of the molecule is COc1ccc(CN2C(=O)NC3C=CNC3C2=O)cc1. The average molecular weight is 273 g/mol. The Bertz CT molecular complexity index is 568. The van der Waals surface area contributed by atoms with Crippen molar-refractivity contribution in [3.63, 3.8) is 0 Å². The van der Waals surface area contributed by atoms with Gasteiger partial charge in [0, 0.05) is 0 Å². The number of fused-ring (bicyclic) bond motifs is 1. The minimum atomic E-state index is -0.397. The van der Waals surface area contributed by atoms with Gasteiger partial charge in [-0.25, -0.2) is 4.79 Å². The number of nitrogens with zero attached hydrogens (tertiary/aromatic N) is 1. The lowest BCUT2D eigenvalue weighted by Crippen LogP contribution is -2.63. The van der Waals surface area contributed by atoms with Crippen molar-refractivity contribution in [1.82, 2.24) is 15.5 Å². The maximum absolute atomic E-state index is 12.3. The van der Waals surface area contributed by atoms with Crippen LogP contribution in [0.1, 0.15) is 5.56 Å². The first-order valence-electron chi connectivity index (χ1n) is 6.36. The fourth-order valence-electron chi connectivity index (χ4n) is 2.39. The van der Waals surface area contributed by atoms with E-state index in [0.717, 1.165) is 11.3 Å². The van der Waals surface area contributed by atoms with Gasteiger partial charge in [-0.3, -0.25) is 9.69 Å². The van der Waals surface area contributed by atoms with Crippen LogP contribution in [0.3, 0.4) is 0 Å². The van der Waals surface area contributed by atoms with E-state index >= 15 is 0 Å².